The Morgan fingerprint density at radius 3 is 2.27 bits per heavy atom. The summed E-state index contributed by atoms with van der Waals surface area (Å²) in [5.41, 5.74) is 2.72. The van der Waals surface area contributed by atoms with Crippen LogP contribution in [0.3, 0.4) is 0 Å². The third-order valence-corrected chi connectivity index (χ3v) is 4.71. The average molecular weight is 345 g/mol. The van der Waals surface area contributed by atoms with Crippen LogP contribution in [0.4, 0.5) is 0 Å². The quantitative estimate of drug-likeness (QED) is 0.509. The molecule has 0 saturated heterocycles. The van der Waals surface area contributed by atoms with E-state index in [2.05, 4.69) is 12.1 Å². The van der Waals surface area contributed by atoms with E-state index in [0.717, 1.165) is 33.1 Å². The molecule has 3 aromatic carbocycles. The number of aromatic nitrogens is 1. The minimum atomic E-state index is -0.597. The fourth-order valence-corrected chi connectivity index (χ4v) is 3.59. The molecule has 4 nitrogen and oxygen atoms in total. The van der Waals surface area contributed by atoms with Gasteiger partial charge in [0.15, 0.2) is 6.04 Å². The van der Waals surface area contributed by atoms with Gasteiger partial charge in [0.1, 0.15) is 5.75 Å². The first-order chi connectivity index (χ1) is 12.8. The van der Waals surface area contributed by atoms with Crippen molar-refractivity contribution < 1.29 is 14.3 Å². The van der Waals surface area contributed by atoms with E-state index in [1.165, 1.54) is 7.11 Å². The predicted octanol–water partition coefficient (Wildman–Crippen LogP) is 4.57. The summed E-state index contributed by atoms with van der Waals surface area (Å²) in [4.78, 5) is 12.8. The minimum absolute atomic E-state index is 0.315. The molecule has 1 aromatic heterocycles. The van der Waals surface area contributed by atoms with Crippen LogP contribution in [-0.4, -0.2) is 24.8 Å². The molecule has 0 N–H and O–H groups in total. The molecular weight excluding hydrogens is 326 g/mol. The molecule has 0 aliphatic rings. The van der Waals surface area contributed by atoms with Crippen molar-refractivity contribution in [2.75, 3.05) is 14.2 Å². The lowest BCUT2D eigenvalue weighted by Crippen LogP contribution is -2.22. The Kier molecular flexibility index (Phi) is 4.09. The van der Waals surface area contributed by atoms with Gasteiger partial charge in [-0.2, -0.15) is 0 Å². The average Bonchev–Trinajstić information content (AvgIpc) is 3.03. The number of benzene rings is 3. The number of hydrogen-bond donors (Lipinski definition) is 0. The molecule has 0 saturated carbocycles. The molecule has 4 rings (SSSR count). The molecule has 1 heterocycles. The first-order valence-corrected chi connectivity index (χ1v) is 8.44. The Labute approximate surface area is 151 Å². The second-order valence-corrected chi connectivity index (χ2v) is 6.08. The van der Waals surface area contributed by atoms with Gasteiger partial charge in [-0.05, 0) is 17.7 Å². The SMILES string of the molecule is COC(=O)[C@@H](c1ccccc1)n1c2ccccc2c2cccc(OC)c21. The van der Waals surface area contributed by atoms with E-state index in [0.29, 0.717) is 0 Å². The molecule has 0 aliphatic heterocycles. The molecule has 0 unspecified atom stereocenters. The van der Waals surface area contributed by atoms with Gasteiger partial charge in [-0.15, -0.1) is 0 Å². The molecule has 0 bridgehead atoms. The van der Waals surface area contributed by atoms with E-state index in [1.807, 2.05) is 65.2 Å². The number of para-hydroxylation sites is 2. The van der Waals surface area contributed by atoms with Gasteiger partial charge < -0.3 is 14.0 Å². The Morgan fingerprint density at radius 1 is 0.846 bits per heavy atom. The lowest BCUT2D eigenvalue weighted by Gasteiger charge is -2.20. The number of esters is 1. The van der Waals surface area contributed by atoms with Crippen molar-refractivity contribution in [3.63, 3.8) is 0 Å². The van der Waals surface area contributed by atoms with Crippen LogP contribution < -0.4 is 4.74 Å². The number of carbonyl (C=O) groups is 1. The highest BCUT2D eigenvalue weighted by Crippen LogP contribution is 2.39. The summed E-state index contributed by atoms with van der Waals surface area (Å²) in [6, 6.07) is 23.1. The number of fused-ring (bicyclic) bond motifs is 3. The van der Waals surface area contributed by atoms with Crippen LogP contribution in [0.15, 0.2) is 72.8 Å². The first kappa shape index (κ1) is 16.2. The lowest BCUT2D eigenvalue weighted by atomic mass is 10.1. The van der Waals surface area contributed by atoms with Gasteiger partial charge in [-0.3, -0.25) is 0 Å². The number of rotatable bonds is 4. The van der Waals surface area contributed by atoms with Crippen LogP contribution in [0.5, 0.6) is 5.75 Å². The summed E-state index contributed by atoms with van der Waals surface area (Å²) in [6.07, 6.45) is 0. The van der Waals surface area contributed by atoms with Gasteiger partial charge in [0.05, 0.1) is 25.3 Å². The molecule has 4 heteroatoms. The smallest absolute Gasteiger partial charge is 0.333 e. The summed E-state index contributed by atoms with van der Waals surface area (Å²) in [7, 11) is 3.07. The van der Waals surface area contributed by atoms with Crippen molar-refractivity contribution in [2.24, 2.45) is 0 Å². The van der Waals surface area contributed by atoms with Crippen LogP contribution >= 0.6 is 0 Å². The highest BCUT2D eigenvalue weighted by molar-refractivity contribution is 6.11. The van der Waals surface area contributed by atoms with E-state index in [4.69, 9.17) is 9.47 Å². The van der Waals surface area contributed by atoms with Crippen LogP contribution in [0.1, 0.15) is 11.6 Å². The molecule has 0 aliphatic carbocycles. The van der Waals surface area contributed by atoms with Crippen molar-refractivity contribution in [1.29, 1.82) is 0 Å². The molecule has 0 fully saturated rings. The zero-order valence-corrected chi connectivity index (χ0v) is 14.7. The topological polar surface area (TPSA) is 40.5 Å². The molecule has 0 amide bonds. The Morgan fingerprint density at radius 2 is 1.54 bits per heavy atom. The number of ether oxygens (including phenoxy) is 2. The molecular formula is C22H19NO3. The number of hydrogen-bond acceptors (Lipinski definition) is 3. The van der Waals surface area contributed by atoms with E-state index in [-0.39, 0.29) is 5.97 Å². The lowest BCUT2D eigenvalue weighted by molar-refractivity contribution is -0.143. The summed E-state index contributed by atoms with van der Waals surface area (Å²) in [6.45, 7) is 0. The van der Waals surface area contributed by atoms with Gasteiger partial charge in [-0.25, -0.2) is 4.79 Å². The van der Waals surface area contributed by atoms with Gasteiger partial charge >= 0.3 is 5.97 Å². The molecule has 26 heavy (non-hydrogen) atoms. The van der Waals surface area contributed by atoms with Crippen molar-refractivity contribution in [2.45, 2.75) is 6.04 Å². The van der Waals surface area contributed by atoms with Crippen molar-refractivity contribution in [1.82, 2.24) is 4.57 Å². The monoisotopic (exact) mass is 345 g/mol. The molecule has 0 spiro atoms. The Bertz CT molecular complexity index is 1080. The van der Waals surface area contributed by atoms with Crippen molar-refractivity contribution in [3.05, 3.63) is 78.4 Å². The van der Waals surface area contributed by atoms with E-state index in [1.54, 1.807) is 7.11 Å². The summed E-state index contributed by atoms with van der Waals surface area (Å²) in [5, 5.41) is 2.12. The van der Waals surface area contributed by atoms with E-state index in [9.17, 15) is 4.79 Å². The third kappa shape index (κ3) is 2.42. The number of nitrogens with zero attached hydrogens (tertiary/aromatic N) is 1. The maximum absolute atomic E-state index is 12.8. The molecule has 4 aromatic rings. The van der Waals surface area contributed by atoms with Crippen LogP contribution in [0.2, 0.25) is 0 Å². The van der Waals surface area contributed by atoms with Crippen molar-refractivity contribution in [3.8, 4) is 5.75 Å². The van der Waals surface area contributed by atoms with Crippen LogP contribution in [-0.2, 0) is 9.53 Å². The largest absolute Gasteiger partial charge is 0.495 e. The fraction of sp³-hybridized carbons (Fsp3) is 0.136. The number of methoxy groups -OCH3 is 2. The van der Waals surface area contributed by atoms with Gasteiger partial charge in [0.2, 0.25) is 0 Å². The zero-order valence-electron chi connectivity index (χ0n) is 14.7. The second kappa shape index (κ2) is 6.56. The maximum Gasteiger partial charge on any atom is 0.333 e. The third-order valence-electron chi connectivity index (χ3n) is 4.71. The van der Waals surface area contributed by atoms with E-state index < -0.39 is 6.04 Å². The van der Waals surface area contributed by atoms with Gasteiger partial charge in [0.25, 0.3) is 0 Å². The van der Waals surface area contributed by atoms with Crippen LogP contribution in [0, 0.1) is 0 Å². The summed E-state index contributed by atoms with van der Waals surface area (Å²) < 4.78 is 12.8. The Balaban J connectivity index is 2.15. The fourth-order valence-electron chi connectivity index (χ4n) is 3.59. The van der Waals surface area contributed by atoms with Gasteiger partial charge in [-0.1, -0.05) is 60.7 Å². The molecule has 1 atom stereocenters. The van der Waals surface area contributed by atoms with Crippen molar-refractivity contribution >= 4 is 27.8 Å². The highest BCUT2D eigenvalue weighted by Gasteiger charge is 2.28. The summed E-state index contributed by atoms with van der Waals surface area (Å²) >= 11 is 0. The highest BCUT2D eigenvalue weighted by atomic mass is 16.5. The normalized spacial score (nSPS) is 12.2. The van der Waals surface area contributed by atoms with Crippen LogP contribution in [0.25, 0.3) is 21.8 Å². The molecule has 130 valence electrons. The zero-order chi connectivity index (χ0) is 18.1. The molecule has 0 radical (unpaired) electrons. The first-order valence-electron chi connectivity index (χ1n) is 8.44. The number of carbonyl (C=O) groups excluding carboxylic acids is 1. The Hall–Kier alpha value is -3.27. The van der Waals surface area contributed by atoms with Gasteiger partial charge in [0, 0.05) is 10.8 Å². The predicted molar refractivity (Wildman–Crippen MR) is 103 cm³/mol. The summed E-state index contributed by atoms with van der Waals surface area (Å²) in [5.74, 6) is 0.410. The minimum Gasteiger partial charge on any atom is -0.495 e. The standard InChI is InChI=1S/C22H19NO3/c1-25-19-14-8-12-17-16-11-6-7-13-18(16)23(21(17)19)20(22(24)26-2)15-9-4-3-5-10-15/h3-14,20H,1-2H3/t20-/m1/s1. The van der Waals surface area contributed by atoms with E-state index >= 15 is 0 Å². The second-order valence-electron chi connectivity index (χ2n) is 6.08. The maximum atomic E-state index is 12.8.